The van der Waals surface area contributed by atoms with Gasteiger partial charge in [-0.05, 0) is 38.2 Å². The molecular weight excluding hydrogens is 257 g/mol. The molecule has 106 valence electrons. The molecule has 0 amide bonds. The van der Waals surface area contributed by atoms with Gasteiger partial charge in [0, 0.05) is 13.0 Å². The zero-order valence-electron chi connectivity index (χ0n) is 11.0. The van der Waals surface area contributed by atoms with Gasteiger partial charge in [0.25, 0.3) is 0 Å². The van der Waals surface area contributed by atoms with Crippen molar-refractivity contribution in [1.29, 1.82) is 0 Å². The first kappa shape index (κ1) is 14.1. The van der Waals surface area contributed by atoms with E-state index in [1.165, 1.54) is 4.68 Å². The van der Waals surface area contributed by atoms with Gasteiger partial charge in [0.2, 0.25) is 0 Å². The Morgan fingerprint density at radius 1 is 1.32 bits per heavy atom. The van der Waals surface area contributed by atoms with Crippen molar-refractivity contribution in [2.75, 3.05) is 0 Å². The highest BCUT2D eigenvalue weighted by molar-refractivity contribution is 5.97. The van der Waals surface area contributed by atoms with Gasteiger partial charge >= 0.3 is 6.18 Å². The third-order valence-electron chi connectivity index (χ3n) is 3.92. The van der Waals surface area contributed by atoms with E-state index >= 15 is 0 Å². The predicted octanol–water partition coefficient (Wildman–Crippen LogP) is 3.28. The Morgan fingerprint density at radius 3 is 2.32 bits per heavy atom. The molecule has 0 bridgehead atoms. The summed E-state index contributed by atoms with van der Waals surface area (Å²) in [6.45, 7) is 1.79. The van der Waals surface area contributed by atoms with Crippen LogP contribution in [0.15, 0.2) is 6.20 Å². The maximum atomic E-state index is 12.6. The fraction of sp³-hybridized carbons (Fsp3) is 0.692. The average Bonchev–Trinajstić information content (AvgIpc) is 2.67. The number of Topliss-reactive ketones (excluding diaryl/α,β-unsaturated/α-hetero) is 1. The standard InChI is InChI=1S/C13H17F3N2O/c1-8-7-17-18(2)11(8)12(19)9-3-5-10(6-4-9)13(14,15)16/h7,9-10H,3-6H2,1-2H3. The molecule has 1 aliphatic carbocycles. The number of ketones is 1. The normalized spacial score (nSPS) is 24.5. The lowest BCUT2D eigenvalue weighted by molar-refractivity contribution is -0.183. The number of alkyl halides is 3. The van der Waals surface area contributed by atoms with Gasteiger partial charge in [0.1, 0.15) is 5.69 Å². The maximum absolute atomic E-state index is 12.6. The highest BCUT2D eigenvalue weighted by atomic mass is 19.4. The van der Waals surface area contributed by atoms with Crippen molar-refractivity contribution in [3.63, 3.8) is 0 Å². The average molecular weight is 274 g/mol. The largest absolute Gasteiger partial charge is 0.391 e. The second kappa shape index (κ2) is 4.98. The summed E-state index contributed by atoms with van der Waals surface area (Å²) in [6.07, 6.45) is -1.79. The first-order valence-corrected chi connectivity index (χ1v) is 6.40. The highest BCUT2D eigenvalue weighted by Crippen LogP contribution is 2.40. The Balaban J connectivity index is 2.04. The molecule has 0 spiro atoms. The van der Waals surface area contributed by atoms with Crippen LogP contribution in [-0.4, -0.2) is 21.7 Å². The first-order valence-electron chi connectivity index (χ1n) is 6.40. The van der Waals surface area contributed by atoms with Crippen LogP contribution in [0.5, 0.6) is 0 Å². The van der Waals surface area contributed by atoms with Crippen LogP contribution < -0.4 is 0 Å². The summed E-state index contributed by atoms with van der Waals surface area (Å²) in [7, 11) is 1.68. The number of aromatic nitrogens is 2. The van der Waals surface area contributed by atoms with E-state index in [1.54, 1.807) is 20.2 Å². The molecule has 0 radical (unpaired) electrons. The van der Waals surface area contributed by atoms with Crippen LogP contribution in [0.2, 0.25) is 0 Å². The van der Waals surface area contributed by atoms with Gasteiger partial charge in [-0.1, -0.05) is 0 Å². The minimum absolute atomic E-state index is 0.0524. The van der Waals surface area contributed by atoms with Crippen molar-refractivity contribution in [2.45, 2.75) is 38.8 Å². The van der Waals surface area contributed by atoms with Crippen molar-refractivity contribution < 1.29 is 18.0 Å². The quantitative estimate of drug-likeness (QED) is 0.776. The fourth-order valence-corrected chi connectivity index (χ4v) is 2.78. The minimum Gasteiger partial charge on any atom is -0.292 e. The highest BCUT2D eigenvalue weighted by Gasteiger charge is 2.42. The van der Waals surface area contributed by atoms with Crippen molar-refractivity contribution in [3.05, 3.63) is 17.5 Å². The zero-order valence-corrected chi connectivity index (χ0v) is 11.0. The SMILES string of the molecule is Cc1cnn(C)c1C(=O)C1CCC(C(F)(F)F)CC1. The van der Waals surface area contributed by atoms with E-state index in [4.69, 9.17) is 0 Å². The van der Waals surface area contributed by atoms with Gasteiger partial charge in [-0.25, -0.2) is 0 Å². The van der Waals surface area contributed by atoms with E-state index in [9.17, 15) is 18.0 Å². The molecule has 2 rings (SSSR count). The number of hydrogen-bond donors (Lipinski definition) is 0. The Morgan fingerprint density at radius 2 is 1.89 bits per heavy atom. The van der Waals surface area contributed by atoms with Crippen LogP contribution in [0, 0.1) is 18.8 Å². The van der Waals surface area contributed by atoms with Gasteiger partial charge in [0.05, 0.1) is 12.1 Å². The van der Waals surface area contributed by atoms with E-state index in [0.29, 0.717) is 18.5 Å². The van der Waals surface area contributed by atoms with E-state index < -0.39 is 12.1 Å². The second-order valence-electron chi connectivity index (χ2n) is 5.25. The molecule has 1 aliphatic rings. The molecule has 1 aromatic rings. The second-order valence-corrected chi connectivity index (χ2v) is 5.25. The summed E-state index contributed by atoms with van der Waals surface area (Å²) in [5.41, 5.74) is 1.31. The van der Waals surface area contributed by atoms with Gasteiger partial charge in [-0.15, -0.1) is 0 Å². The van der Waals surface area contributed by atoms with Crippen LogP contribution >= 0.6 is 0 Å². The summed E-state index contributed by atoms with van der Waals surface area (Å²) < 4.78 is 39.2. The molecule has 1 fully saturated rings. The van der Waals surface area contributed by atoms with Crippen LogP contribution in [0.3, 0.4) is 0 Å². The number of aryl methyl sites for hydroxylation is 2. The first-order chi connectivity index (χ1) is 8.80. The van der Waals surface area contributed by atoms with Crippen LogP contribution in [-0.2, 0) is 7.05 Å². The van der Waals surface area contributed by atoms with Crippen molar-refractivity contribution >= 4 is 5.78 Å². The summed E-state index contributed by atoms with van der Waals surface area (Å²) in [6, 6.07) is 0. The molecule has 0 aliphatic heterocycles. The van der Waals surface area contributed by atoms with Gasteiger partial charge in [0.15, 0.2) is 5.78 Å². The van der Waals surface area contributed by atoms with E-state index in [2.05, 4.69) is 5.10 Å². The van der Waals surface area contributed by atoms with Crippen LogP contribution in [0.1, 0.15) is 41.7 Å². The minimum atomic E-state index is -4.13. The number of rotatable bonds is 2. The molecule has 6 heteroatoms. The summed E-state index contributed by atoms with van der Waals surface area (Å²) >= 11 is 0. The Kier molecular flexibility index (Phi) is 3.69. The zero-order chi connectivity index (χ0) is 14.2. The third-order valence-corrected chi connectivity index (χ3v) is 3.92. The topological polar surface area (TPSA) is 34.9 Å². The molecule has 0 N–H and O–H groups in total. The fourth-order valence-electron chi connectivity index (χ4n) is 2.78. The summed E-state index contributed by atoms with van der Waals surface area (Å²) in [5.74, 6) is -1.62. The molecular formula is C13H17F3N2O. The molecule has 1 saturated carbocycles. The monoisotopic (exact) mass is 274 g/mol. The summed E-state index contributed by atoms with van der Waals surface area (Å²) in [5, 5.41) is 4.00. The Hall–Kier alpha value is -1.33. The number of carbonyl (C=O) groups excluding carboxylic acids is 1. The number of nitrogens with zero attached hydrogens (tertiary/aromatic N) is 2. The van der Waals surface area contributed by atoms with Gasteiger partial charge in [-0.2, -0.15) is 18.3 Å². The van der Waals surface area contributed by atoms with E-state index in [1.807, 2.05) is 0 Å². The number of hydrogen-bond acceptors (Lipinski definition) is 2. The molecule has 0 aromatic carbocycles. The molecule has 19 heavy (non-hydrogen) atoms. The van der Waals surface area contributed by atoms with Gasteiger partial charge in [-0.3, -0.25) is 9.48 Å². The molecule has 3 nitrogen and oxygen atoms in total. The molecule has 0 saturated heterocycles. The molecule has 0 atom stereocenters. The smallest absolute Gasteiger partial charge is 0.292 e. The molecule has 1 aromatic heterocycles. The van der Waals surface area contributed by atoms with Crippen LogP contribution in [0.25, 0.3) is 0 Å². The summed E-state index contributed by atoms with van der Waals surface area (Å²) in [4.78, 5) is 12.3. The Bertz CT molecular complexity index is 451. The number of carbonyl (C=O) groups is 1. The van der Waals surface area contributed by atoms with Gasteiger partial charge < -0.3 is 0 Å². The molecule has 0 unspecified atom stereocenters. The lowest BCUT2D eigenvalue weighted by Crippen LogP contribution is -2.31. The lowest BCUT2D eigenvalue weighted by atomic mass is 9.79. The molecule has 1 heterocycles. The maximum Gasteiger partial charge on any atom is 0.391 e. The van der Waals surface area contributed by atoms with Crippen molar-refractivity contribution in [2.24, 2.45) is 18.9 Å². The third kappa shape index (κ3) is 2.82. The number of halogens is 3. The van der Waals surface area contributed by atoms with Crippen LogP contribution in [0.4, 0.5) is 13.2 Å². The predicted molar refractivity (Wildman–Crippen MR) is 63.8 cm³/mol. The van der Waals surface area contributed by atoms with Crippen molar-refractivity contribution in [1.82, 2.24) is 9.78 Å². The van der Waals surface area contributed by atoms with E-state index in [-0.39, 0.29) is 24.5 Å². The Labute approximate surface area is 109 Å². The van der Waals surface area contributed by atoms with E-state index in [0.717, 1.165) is 5.56 Å². The lowest BCUT2D eigenvalue weighted by Gasteiger charge is -2.29. The van der Waals surface area contributed by atoms with Crippen molar-refractivity contribution in [3.8, 4) is 0 Å².